The number of pyridine rings is 1. The number of nitrogens with zero attached hydrogens (tertiary/aromatic N) is 2. The average Bonchev–Trinajstić information content (AvgIpc) is 3.17. The average molecular weight is 469 g/mol. The summed E-state index contributed by atoms with van der Waals surface area (Å²) in [4.78, 5) is 21.1. The summed E-state index contributed by atoms with van der Waals surface area (Å²) in [6, 6.07) is 7.88. The van der Waals surface area contributed by atoms with Gasteiger partial charge in [-0.15, -0.1) is 11.3 Å². The second-order valence-corrected chi connectivity index (χ2v) is 8.83. The summed E-state index contributed by atoms with van der Waals surface area (Å²) in [5.41, 5.74) is 0.687. The number of carbonyl (C=O) groups excluding carboxylic acids is 1. The molecule has 2 heterocycles. The van der Waals surface area contributed by atoms with E-state index >= 15 is 0 Å². The Morgan fingerprint density at radius 3 is 2.74 bits per heavy atom. The number of thioether (sulfide) groups is 1. The number of rotatable bonds is 8. The first-order valence-corrected chi connectivity index (χ1v) is 11.1. The van der Waals surface area contributed by atoms with Crippen LogP contribution in [0.5, 0.6) is 0 Å². The van der Waals surface area contributed by atoms with Gasteiger partial charge in [0.1, 0.15) is 10.9 Å². The lowest BCUT2D eigenvalue weighted by atomic mass is 9.99. The molecule has 31 heavy (non-hydrogen) atoms. The Balaban J connectivity index is 1.72. The number of alkyl halides is 3. The highest BCUT2D eigenvalue weighted by Crippen LogP contribution is 2.32. The number of hydrogen-bond acceptors (Lipinski definition) is 7. The molecule has 0 saturated heterocycles. The molecule has 0 aliphatic heterocycles. The summed E-state index contributed by atoms with van der Waals surface area (Å²) >= 11 is 2.73. The van der Waals surface area contributed by atoms with E-state index in [4.69, 9.17) is 4.74 Å². The van der Waals surface area contributed by atoms with Gasteiger partial charge in [-0.25, -0.2) is 4.98 Å². The molecule has 3 aromatic rings. The van der Waals surface area contributed by atoms with Crippen LogP contribution in [0.25, 0.3) is 0 Å². The maximum absolute atomic E-state index is 12.9. The molecule has 0 spiro atoms. The van der Waals surface area contributed by atoms with E-state index in [0.717, 1.165) is 22.2 Å². The molecule has 2 unspecified atom stereocenters. The molecule has 0 aliphatic rings. The number of esters is 1. The lowest BCUT2D eigenvalue weighted by molar-refractivity contribution is -0.153. The topological polar surface area (TPSA) is 72.3 Å². The van der Waals surface area contributed by atoms with Gasteiger partial charge in [-0.1, -0.05) is 30.0 Å². The van der Waals surface area contributed by atoms with Crippen molar-refractivity contribution < 1.29 is 27.8 Å². The first-order chi connectivity index (χ1) is 14.7. The van der Waals surface area contributed by atoms with Crippen LogP contribution in [-0.4, -0.2) is 26.8 Å². The normalized spacial score (nSPS) is 13.6. The van der Waals surface area contributed by atoms with Gasteiger partial charge in [0.05, 0.1) is 17.6 Å². The zero-order valence-electron chi connectivity index (χ0n) is 16.4. The van der Waals surface area contributed by atoms with Crippen LogP contribution in [0.1, 0.15) is 28.5 Å². The fourth-order valence-electron chi connectivity index (χ4n) is 2.73. The number of carbonyl (C=O) groups is 1. The summed E-state index contributed by atoms with van der Waals surface area (Å²) in [7, 11) is 0. The van der Waals surface area contributed by atoms with Crippen molar-refractivity contribution in [2.75, 3.05) is 5.75 Å². The molecule has 0 aliphatic carbocycles. The maximum atomic E-state index is 12.9. The predicted molar refractivity (Wildman–Crippen MR) is 112 cm³/mol. The standard InChI is InChI=1S/C21H19F3N2O3S2/c1-13-11-30-20(26-13)31-12-17(18(27)15-5-3-7-25-9-15)19(28)29-10-14-4-2-6-16(8-14)21(22,23)24/h2-9,11,17-18,27H,10,12H2,1H3. The Hall–Kier alpha value is -2.43. The van der Waals surface area contributed by atoms with Gasteiger partial charge >= 0.3 is 12.1 Å². The zero-order chi connectivity index (χ0) is 22.4. The fraction of sp³-hybridized carbons (Fsp3) is 0.286. The summed E-state index contributed by atoms with van der Waals surface area (Å²) in [6.45, 7) is 1.52. The third-order valence-electron chi connectivity index (χ3n) is 4.33. The Morgan fingerprint density at radius 1 is 1.29 bits per heavy atom. The van der Waals surface area contributed by atoms with Crippen molar-refractivity contribution in [3.63, 3.8) is 0 Å². The maximum Gasteiger partial charge on any atom is 0.416 e. The molecule has 10 heteroatoms. The molecule has 5 nitrogen and oxygen atoms in total. The molecule has 0 bridgehead atoms. The Morgan fingerprint density at radius 2 is 2.10 bits per heavy atom. The minimum absolute atomic E-state index is 0.185. The largest absolute Gasteiger partial charge is 0.460 e. The van der Waals surface area contributed by atoms with Crippen molar-refractivity contribution in [1.82, 2.24) is 9.97 Å². The quantitative estimate of drug-likeness (QED) is 0.368. The van der Waals surface area contributed by atoms with Crippen LogP contribution in [0.15, 0.2) is 58.5 Å². The van der Waals surface area contributed by atoms with Crippen molar-refractivity contribution in [1.29, 1.82) is 0 Å². The number of benzene rings is 1. The van der Waals surface area contributed by atoms with Gasteiger partial charge in [0.15, 0.2) is 0 Å². The van der Waals surface area contributed by atoms with Crippen LogP contribution in [-0.2, 0) is 22.3 Å². The number of hydrogen-bond donors (Lipinski definition) is 1. The number of aromatic nitrogens is 2. The second kappa shape index (κ2) is 10.3. The van der Waals surface area contributed by atoms with E-state index in [1.54, 1.807) is 18.3 Å². The minimum Gasteiger partial charge on any atom is -0.460 e. The number of aliphatic hydroxyl groups is 1. The Bertz CT molecular complexity index is 1010. The molecular weight excluding hydrogens is 449 g/mol. The number of halogens is 3. The van der Waals surface area contributed by atoms with Crippen molar-refractivity contribution in [3.05, 3.63) is 76.6 Å². The molecule has 0 saturated carbocycles. The molecule has 0 amide bonds. The van der Waals surface area contributed by atoms with Crippen LogP contribution in [0.3, 0.4) is 0 Å². The Labute approximate surface area is 185 Å². The summed E-state index contributed by atoms with van der Waals surface area (Å²) < 4.78 is 44.7. The molecular formula is C21H19F3N2O3S2. The molecule has 1 aromatic carbocycles. The Kier molecular flexibility index (Phi) is 7.69. The minimum atomic E-state index is -4.48. The molecule has 164 valence electrons. The number of thiazole rings is 1. The highest BCUT2D eigenvalue weighted by atomic mass is 32.2. The zero-order valence-corrected chi connectivity index (χ0v) is 18.0. The first kappa shape index (κ1) is 23.2. The molecule has 3 rings (SSSR count). The molecule has 1 N–H and O–H groups in total. The summed E-state index contributed by atoms with van der Waals surface area (Å²) in [5.74, 6) is -1.48. The van der Waals surface area contributed by atoms with E-state index in [9.17, 15) is 23.1 Å². The smallest absolute Gasteiger partial charge is 0.416 e. The number of aryl methyl sites for hydroxylation is 1. The van der Waals surface area contributed by atoms with Crippen LogP contribution >= 0.6 is 23.1 Å². The second-order valence-electron chi connectivity index (χ2n) is 6.71. The first-order valence-electron chi connectivity index (χ1n) is 9.19. The SMILES string of the molecule is Cc1csc(SCC(C(=O)OCc2cccc(C(F)(F)F)c2)C(O)c2cccnc2)n1. The third kappa shape index (κ3) is 6.52. The van der Waals surface area contributed by atoms with Gasteiger partial charge in [0.25, 0.3) is 0 Å². The van der Waals surface area contributed by atoms with Gasteiger partial charge < -0.3 is 9.84 Å². The molecule has 0 fully saturated rings. The third-order valence-corrected chi connectivity index (χ3v) is 6.59. The van der Waals surface area contributed by atoms with E-state index < -0.39 is 29.7 Å². The van der Waals surface area contributed by atoms with Gasteiger partial charge in [0.2, 0.25) is 0 Å². The van der Waals surface area contributed by atoms with Crippen molar-refractivity contribution in [3.8, 4) is 0 Å². The monoisotopic (exact) mass is 468 g/mol. The highest BCUT2D eigenvalue weighted by Gasteiger charge is 2.32. The van der Waals surface area contributed by atoms with E-state index in [0.29, 0.717) is 5.56 Å². The van der Waals surface area contributed by atoms with Crippen LogP contribution in [0, 0.1) is 12.8 Å². The van der Waals surface area contributed by atoms with Gasteiger partial charge in [-0.3, -0.25) is 9.78 Å². The number of ether oxygens (including phenoxy) is 1. The molecule has 2 aromatic heterocycles. The van der Waals surface area contributed by atoms with Gasteiger partial charge in [-0.05, 0) is 36.2 Å². The van der Waals surface area contributed by atoms with Crippen molar-refractivity contribution >= 4 is 29.1 Å². The van der Waals surface area contributed by atoms with Crippen molar-refractivity contribution in [2.24, 2.45) is 5.92 Å². The molecule has 0 radical (unpaired) electrons. The van der Waals surface area contributed by atoms with Gasteiger partial charge in [0, 0.05) is 29.2 Å². The lowest BCUT2D eigenvalue weighted by Gasteiger charge is -2.21. The lowest BCUT2D eigenvalue weighted by Crippen LogP contribution is -2.27. The van der Waals surface area contributed by atoms with Crippen molar-refractivity contribution in [2.45, 2.75) is 30.2 Å². The predicted octanol–water partition coefficient (Wildman–Crippen LogP) is 5.05. The summed E-state index contributed by atoms with van der Waals surface area (Å²) in [6.07, 6.45) is -2.67. The van der Waals surface area contributed by atoms with E-state index in [1.807, 2.05) is 12.3 Å². The van der Waals surface area contributed by atoms with Gasteiger partial charge in [-0.2, -0.15) is 13.2 Å². The summed E-state index contributed by atoms with van der Waals surface area (Å²) in [5, 5.41) is 12.6. The van der Waals surface area contributed by atoms with Crippen LogP contribution in [0.2, 0.25) is 0 Å². The fourth-order valence-corrected chi connectivity index (χ4v) is 4.72. The van der Waals surface area contributed by atoms with Crippen LogP contribution in [0.4, 0.5) is 13.2 Å². The number of aliphatic hydroxyl groups excluding tert-OH is 1. The van der Waals surface area contributed by atoms with Crippen LogP contribution < -0.4 is 0 Å². The van der Waals surface area contributed by atoms with E-state index in [-0.39, 0.29) is 17.9 Å². The highest BCUT2D eigenvalue weighted by molar-refractivity contribution is 8.01. The van der Waals surface area contributed by atoms with E-state index in [2.05, 4.69) is 9.97 Å². The van der Waals surface area contributed by atoms with E-state index in [1.165, 1.54) is 41.4 Å². The molecule has 2 atom stereocenters.